The maximum absolute atomic E-state index is 10.2. The van der Waals surface area contributed by atoms with E-state index in [9.17, 15) is 5.11 Å². The van der Waals surface area contributed by atoms with Gasteiger partial charge in [-0.2, -0.15) is 5.10 Å². The highest BCUT2D eigenvalue weighted by atomic mass is 16.5. The van der Waals surface area contributed by atoms with Crippen molar-refractivity contribution in [2.75, 3.05) is 26.8 Å². The number of nitrogens with one attached hydrogen (secondary N) is 1. The Bertz CT molecular complexity index is 323. The molecule has 0 amide bonds. The molecule has 0 saturated heterocycles. The summed E-state index contributed by atoms with van der Waals surface area (Å²) in [6.07, 6.45) is 5.08. The van der Waals surface area contributed by atoms with E-state index in [1.165, 1.54) is 0 Å². The number of hydrogen-bond donors (Lipinski definition) is 2. The van der Waals surface area contributed by atoms with Crippen molar-refractivity contribution in [2.24, 2.45) is 7.05 Å². The number of aromatic nitrogens is 2. The molecule has 0 radical (unpaired) electrons. The molecule has 0 bridgehead atoms. The third-order valence-electron chi connectivity index (χ3n) is 2.67. The van der Waals surface area contributed by atoms with Crippen LogP contribution in [0.2, 0.25) is 0 Å². The lowest BCUT2D eigenvalue weighted by atomic mass is 9.95. The van der Waals surface area contributed by atoms with Crippen LogP contribution in [0.5, 0.6) is 0 Å². The van der Waals surface area contributed by atoms with Crippen molar-refractivity contribution in [3.8, 4) is 0 Å². The van der Waals surface area contributed by atoms with Gasteiger partial charge in [-0.3, -0.25) is 4.68 Å². The third kappa shape index (κ3) is 5.81. The first-order chi connectivity index (χ1) is 8.03. The van der Waals surface area contributed by atoms with Gasteiger partial charge in [0.25, 0.3) is 0 Å². The fourth-order valence-corrected chi connectivity index (χ4v) is 1.75. The highest BCUT2D eigenvalue weighted by Gasteiger charge is 2.20. The Labute approximate surface area is 103 Å². The minimum atomic E-state index is -0.691. The Morgan fingerprint density at radius 1 is 1.53 bits per heavy atom. The van der Waals surface area contributed by atoms with Gasteiger partial charge in [-0.1, -0.05) is 0 Å². The van der Waals surface area contributed by atoms with Gasteiger partial charge in [0.15, 0.2) is 0 Å². The average molecular weight is 241 g/mol. The molecular weight excluding hydrogens is 218 g/mol. The molecule has 0 spiro atoms. The Kier molecular flexibility index (Phi) is 5.61. The molecule has 17 heavy (non-hydrogen) atoms. The molecule has 98 valence electrons. The van der Waals surface area contributed by atoms with Crippen molar-refractivity contribution in [3.63, 3.8) is 0 Å². The summed E-state index contributed by atoms with van der Waals surface area (Å²) in [5.74, 6) is 0. The summed E-state index contributed by atoms with van der Waals surface area (Å²) in [7, 11) is 3.56. The normalized spacial score (nSPS) is 14.8. The standard InChI is InChI=1S/C12H23N3O2/c1-12(16,4-5-13-6-7-17-3)8-11-9-14-15(2)10-11/h9-10,13,16H,4-8H2,1-3H3. The molecule has 1 unspecified atom stereocenters. The van der Waals surface area contributed by atoms with E-state index < -0.39 is 5.60 Å². The summed E-state index contributed by atoms with van der Waals surface area (Å²) in [5.41, 5.74) is 0.373. The minimum absolute atomic E-state index is 0.632. The van der Waals surface area contributed by atoms with Crippen LogP contribution in [0.3, 0.4) is 0 Å². The van der Waals surface area contributed by atoms with E-state index in [2.05, 4.69) is 10.4 Å². The Morgan fingerprint density at radius 3 is 2.88 bits per heavy atom. The van der Waals surface area contributed by atoms with Crippen LogP contribution in [0, 0.1) is 0 Å². The average Bonchev–Trinajstić information content (AvgIpc) is 2.62. The molecule has 2 N–H and O–H groups in total. The lowest BCUT2D eigenvalue weighted by molar-refractivity contribution is 0.0510. The monoisotopic (exact) mass is 241 g/mol. The second-order valence-electron chi connectivity index (χ2n) is 4.69. The third-order valence-corrected chi connectivity index (χ3v) is 2.67. The van der Waals surface area contributed by atoms with Crippen molar-refractivity contribution >= 4 is 0 Å². The van der Waals surface area contributed by atoms with E-state index in [0.717, 1.165) is 18.7 Å². The van der Waals surface area contributed by atoms with Crippen LogP contribution in [0.1, 0.15) is 18.9 Å². The van der Waals surface area contributed by atoms with Gasteiger partial charge in [-0.05, 0) is 25.5 Å². The van der Waals surface area contributed by atoms with Crippen LogP contribution in [0.25, 0.3) is 0 Å². The molecule has 0 aliphatic rings. The summed E-state index contributed by atoms with van der Waals surface area (Å²) in [5, 5.41) is 17.5. The van der Waals surface area contributed by atoms with Crippen molar-refractivity contribution in [2.45, 2.75) is 25.4 Å². The zero-order valence-corrected chi connectivity index (χ0v) is 10.9. The number of rotatable bonds is 8. The predicted octanol–water partition coefficient (Wildman–Crippen LogP) is 0.340. The van der Waals surface area contributed by atoms with E-state index in [1.807, 2.05) is 20.2 Å². The van der Waals surface area contributed by atoms with Gasteiger partial charge in [-0.25, -0.2) is 0 Å². The van der Waals surface area contributed by atoms with Crippen molar-refractivity contribution < 1.29 is 9.84 Å². The zero-order valence-electron chi connectivity index (χ0n) is 10.9. The lowest BCUT2D eigenvalue weighted by Crippen LogP contribution is -2.33. The highest BCUT2D eigenvalue weighted by molar-refractivity contribution is 5.07. The quantitative estimate of drug-likeness (QED) is 0.644. The van der Waals surface area contributed by atoms with E-state index in [-0.39, 0.29) is 0 Å². The largest absolute Gasteiger partial charge is 0.390 e. The molecule has 1 aromatic rings. The molecule has 5 nitrogen and oxygen atoms in total. The lowest BCUT2D eigenvalue weighted by Gasteiger charge is -2.22. The van der Waals surface area contributed by atoms with E-state index in [1.54, 1.807) is 18.0 Å². The molecule has 1 atom stereocenters. The molecule has 0 aromatic carbocycles. The van der Waals surface area contributed by atoms with Crippen molar-refractivity contribution in [1.82, 2.24) is 15.1 Å². The molecular formula is C12H23N3O2. The van der Waals surface area contributed by atoms with Gasteiger partial charge in [0.2, 0.25) is 0 Å². The first-order valence-corrected chi connectivity index (χ1v) is 5.93. The summed E-state index contributed by atoms with van der Waals surface area (Å²) in [4.78, 5) is 0. The SMILES string of the molecule is COCCNCCC(C)(O)Cc1cnn(C)c1. The first kappa shape index (κ1) is 14.2. The summed E-state index contributed by atoms with van der Waals surface area (Å²) < 4.78 is 6.69. The first-order valence-electron chi connectivity index (χ1n) is 5.93. The Balaban J connectivity index is 2.25. The number of hydrogen-bond acceptors (Lipinski definition) is 4. The fraction of sp³-hybridized carbons (Fsp3) is 0.750. The second-order valence-corrected chi connectivity index (χ2v) is 4.69. The van der Waals surface area contributed by atoms with Crippen LogP contribution in [-0.4, -0.2) is 47.3 Å². The molecule has 1 aromatic heterocycles. The van der Waals surface area contributed by atoms with Crippen LogP contribution in [-0.2, 0) is 18.2 Å². The molecule has 1 heterocycles. The molecule has 0 saturated carbocycles. The van der Waals surface area contributed by atoms with Crippen LogP contribution in [0.4, 0.5) is 0 Å². The number of aryl methyl sites for hydroxylation is 1. The molecule has 0 aliphatic carbocycles. The number of nitrogens with zero attached hydrogens (tertiary/aromatic N) is 2. The summed E-state index contributed by atoms with van der Waals surface area (Å²) in [6, 6.07) is 0. The maximum atomic E-state index is 10.2. The topological polar surface area (TPSA) is 59.3 Å². The number of methoxy groups -OCH3 is 1. The van der Waals surface area contributed by atoms with E-state index in [0.29, 0.717) is 19.4 Å². The van der Waals surface area contributed by atoms with Crippen molar-refractivity contribution in [1.29, 1.82) is 0 Å². The van der Waals surface area contributed by atoms with Crippen LogP contribution < -0.4 is 5.32 Å². The predicted molar refractivity (Wildman–Crippen MR) is 66.9 cm³/mol. The van der Waals surface area contributed by atoms with Crippen molar-refractivity contribution in [3.05, 3.63) is 18.0 Å². The van der Waals surface area contributed by atoms with Gasteiger partial charge in [0, 0.05) is 33.3 Å². The van der Waals surface area contributed by atoms with Gasteiger partial charge in [0.05, 0.1) is 18.4 Å². The minimum Gasteiger partial charge on any atom is -0.390 e. The zero-order chi connectivity index (χ0) is 12.7. The molecule has 5 heteroatoms. The van der Waals surface area contributed by atoms with Crippen LogP contribution >= 0.6 is 0 Å². The van der Waals surface area contributed by atoms with Gasteiger partial charge >= 0.3 is 0 Å². The fourth-order valence-electron chi connectivity index (χ4n) is 1.75. The van der Waals surface area contributed by atoms with Gasteiger partial charge < -0.3 is 15.2 Å². The Hall–Kier alpha value is -0.910. The molecule has 0 fully saturated rings. The molecule has 0 aliphatic heterocycles. The number of ether oxygens (including phenoxy) is 1. The summed E-state index contributed by atoms with van der Waals surface area (Å²) in [6.45, 7) is 4.17. The summed E-state index contributed by atoms with van der Waals surface area (Å²) >= 11 is 0. The van der Waals surface area contributed by atoms with Gasteiger partial charge in [-0.15, -0.1) is 0 Å². The van der Waals surface area contributed by atoms with Crippen LogP contribution in [0.15, 0.2) is 12.4 Å². The molecule has 1 rings (SSSR count). The second kappa shape index (κ2) is 6.74. The Morgan fingerprint density at radius 2 is 2.29 bits per heavy atom. The maximum Gasteiger partial charge on any atom is 0.0673 e. The van der Waals surface area contributed by atoms with E-state index >= 15 is 0 Å². The smallest absolute Gasteiger partial charge is 0.0673 e. The van der Waals surface area contributed by atoms with Gasteiger partial charge in [0.1, 0.15) is 0 Å². The van der Waals surface area contributed by atoms with E-state index in [4.69, 9.17) is 4.74 Å². The highest BCUT2D eigenvalue weighted by Crippen LogP contribution is 2.15. The number of aliphatic hydroxyl groups is 1.